The lowest BCUT2D eigenvalue weighted by Gasteiger charge is -2.31. The first-order chi connectivity index (χ1) is 11.6. The number of allylic oxidation sites excluding steroid dienone is 1. The predicted molar refractivity (Wildman–Crippen MR) is 88.2 cm³/mol. The quantitative estimate of drug-likeness (QED) is 0.564. The number of carbonyl (C=O) groups excluding carboxylic acids is 3. The smallest absolute Gasteiger partial charge is 0.334 e. The van der Waals surface area contributed by atoms with Gasteiger partial charge < -0.3 is 14.2 Å². The molecule has 0 spiro atoms. The van der Waals surface area contributed by atoms with Crippen LogP contribution in [0.1, 0.15) is 27.2 Å². The van der Waals surface area contributed by atoms with Crippen LogP contribution in [0.25, 0.3) is 0 Å². The van der Waals surface area contributed by atoms with Gasteiger partial charge in [-0.15, -0.1) is 0 Å². The van der Waals surface area contributed by atoms with Crippen molar-refractivity contribution in [3.8, 4) is 0 Å². The maximum absolute atomic E-state index is 12.4. The molecule has 0 saturated carbocycles. The van der Waals surface area contributed by atoms with Crippen LogP contribution >= 0.6 is 0 Å². The molecule has 0 N–H and O–H groups in total. The molecule has 0 radical (unpaired) electrons. The van der Waals surface area contributed by atoms with Crippen LogP contribution in [0.2, 0.25) is 0 Å². The number of fused-ring (bicyclic) bond motifs is 3. The van der Waals surface area contributed by atoms with Crippen LogP contribution < -0.4 is 0 Å². The molecular formula is C19H20O6. The van der Waals surface area contributed by atoms with E-state index in [1.807, 2.05) is 0 Å². The number of hydrogen-bond acceptors (Lipinski definition) is 6. The number of esters is 2. The van der Waals surface area contributed by atoms with Crippen LogP contribution in [0.3, 0.4) is 0 Å². The topological polar surface area (TPSA) is 78.9 Å². The Morgan fingerprint density at radius 3 is 2.72 bits per heavy atom. The lowest BCUT2D eigenvalue weighted by Crippen LogP contribution is -2.42. The van der Waals surface area contributed by atoms with E-state index in [0.717, 1.165) is 0 Å². The van der Waals surface area contributed by atoms with Gasteiger partial charge in [-0.25, -0.2) is 9.59 Å². The van der Waals surface area contributed by atoms with Gasteiger partial charge in [0.2, 0.25) is 5.78 Å². The second-order valence-corrected chi connectivity index (χ2v) is 6.90. The van der Waals surface area contributed by atoms with Crippen molar-refractivity contribution in [3.05, 3.63) is 47.8 Å². The van der Waals surface area contributed by atoms with Crippen LogP contribution in [0.15, 0.2) is 47.8 Å². The molecule has 3 rings (SSSR count). The Morgan fingerprint density at radius 2 is 2.08 bits per heavy atom. The van der Waals surface area contributed by atoms with E-state index in [0.29, 0.717) is 11.3 Å². The van der Waals surface area contributed by atoms with E-state index in [1.165, 1.54) is 13.0 Å². The summed E-state index contributed by atoms with van der Waals surface area (Å²) < 4.78 is 16.8. The number of ether oxygens (including phenoxy) is 3. The Kier molecular flexibility index (Phi) is 3.94. The van der Waals surface area contributed by atoms with Crippen molar-refractivity contribution in [2.75, 3.05) is 0 Å². The molecule has 3 aliphatic rings. The number of carbonyl (C=O) groups is 3. The molecule has 3 heterocycles. The molecule has 132 valence electrons. The number of hydrogen-bond donors (Lipinski definition) is 0. The van der Waals surface area contributed by atoms with Crippen molar-refractivity contribution in [1.82, 2.24) is 0 Å². The van der Waals surface area contributed by atoms with E-state index in [-0.39, 0.29) is 23.4 Å². The average molecular weight is 344 g/mol. The maximum Gasteiger partial charge on any atom is 0.334 e. The highest BCUT2D eigenvalue weighted by Crippen LogP contribution is 2.42. The van der Waals surface area contributed by atoms with Gasteiger partial charge in [-0.2, -0.15) is 0 Å². The number of rotatable bonds is 2. The SMILES string of the molecule is C=C(C)C(=O)O[C@H]1C[C@@]2(C)OC(=CC2=O)/C(C)=C\[C@H]2OC(=O)C(=C)[C@H]12. The summed E-state index contributed by atoms with van der Waals surface area (Å²) in [5.74, 6) is -1.49. The van der Waals surface area contributed by atoms with Crippen molar-refractivity contribution >= 4 is 17.7 Å². The van der Waals surface area contributed by atoms with E-state index in [1.54, 1.807) is 19.9 Å². The summed E-state index contributed by atoms with van der Waals surface area (Å²) in [4.78, 5) is 36.6. The third-order valence-electron chi connectivity index (χ3n) is 4.78. The Bertz CT molecular complexity index is 771. The number of ketones is 1. The second kappa shape index (κ2) is 5.72. The summed E-state index contributed by atoms with van der Waals surface area (Å²) in [7, 11) is 0. The summed E-state index contributed by atoms with van der Waals surface area (Å²) in [6.07, 6.45) is 1.78. The van der Waals surface area contributed by atoms with Gasteiger partial charge in [0.25, 0.3) is 0 Å². The van der Waals surface area contributed by atoms with Crippen LogP contribution in [0.4, 0.5) is 0 Å². The normalized spacial score (nSPS) is 36.0. The van der Waals surface area contributed by atoms with Gasteiger partial charge in [0.15, 0.2) is 5.60 Å². The van der Waals surface area contributed by atoms with Crippen LogP contribution in [0, 0.1) is 5.92 Å². The van der Waals surface area contributed by atoms with E-state index < -0.39 is 35.7 Å². The second-order valence-electron chi connectivity index (χ2n) is 6.90. The van der Waals surface area contributed by atoms with E-state index in [9.17, 15) is 14.4 Å². The van der Waals surface area contributed by atoms with Crippen LogP contribution in [-0.2, 0) is 28.6 Å². The Morgan fingerprint density at radius 1 is 1.40 bits per heavy atom. The minimum atomic E-state index is -1.18. The zero-order valence-electron chi connectivity index (χ0n) is 14.5. The molecule has 4 atom stereocenters. The zero-order chi connectivity index (χ0) is 18.5. The van der Waals surface area contributed by atoms with Crippen molar-refractivity contribution in [3.63, 3.8) is 0 Å². The fourth-order valence-corrected chi connectivity index (χ4v) is 3.30. The van der Waals surface area contributed by atoms with Crippen LogP contribution in [-0.4, -0.2) is 35.5 Å². The monoisotopic (exact) mass is 344 g/mol. The first-order valence-electron chi connectivity index (χ1n) is 8.02. The standard InChI is InChI=1S/C19H20O6/c1-9(2)17(21)24-14-8-19(5)15(20)7-12(25-19)10(3)6-13-16(14)11(4)18(22)23-13/h6-7,13-14,16H,1,4,8H2,2-3,5H3/b10-6-/t13-,14+,16+,19-/m1/s1. The predicted octanol–water partition coefficient (Wildman–Crippen LogP) is 2.16. The maximum atomic E-state index is 12.4. The Labute approximate surface area is 145 Å². The molecule has 0 amide bonds. The molecule has 0 aromatic carbocycles. The summed E-state index contributed by atoms with van der Waals surface area (Å²) in [6.45, 7) is 12.3. The molecule has 0 unspecified atom stereocenters. The molecule has 0 aliphatic carbocycles. The lowest BCUT2D eigenvalue weighted by atomic mass is 9.82. The minimum absolute atomic E-state index is 0.0861. The Balaban J connectivity index is 2.07. The molecular weight excluding hydrogens is 324 g/mol. The van der Waals surface area contributed by atoms with Gasteiger partial charge in [-0.3, -0.25) is 4.79 Å². The molecule has 0 aromatic rings. The highest BCUT2D eigenvalue weighted by Gasteiger charge is 2.51. The third-order valence-corrected chi connectivity index (χ3v) is 4.78. The highest BCUT2D eigenvalue weighted by atomic mass is 16.6. The minimum Gasteiger partial charge on any atom is -0.479 e. The highest BCUT2D eigenvalue weighted by molar-refractivity contribution is 6.00. The molecule has 1 fully saturated rings. The van der Waals surface area contributed by atoms with Gasteiger partial charge in [0.05, 0.1) is 5.92 Å². The van der Waals surface area contributed by atoms with Crippen molar-refractivity contribution in [1.29, 1.82) is 0 Å². The summed E-state index contributed by atoms with van der Waals surface area (Å²) in [5.41, 5.74) is -0.0508. The first kappa shape index (κ1) is 17.2. The van der Waals surface area contributed by atoms with Gasteiger partial charge in [-0.1, -0.05) is 13.2 Å². The fourth-order valence-electron chi connectivity index (χ4n) is 3.30. The summed E-state index contributed by atoms with van der Waals surface area (Å²) >= 11 is 0. The fraction of sp³-hybridized carbons (Fsp3) is 0.421. The third kappa shape index (κ3) is 2.81. The van der Waals surface area contributed by atoms with E-state index in [2.05, 4.69) is 13.2 Å². The van der Waals surface area contributed by atoms with Crippen LogP contribution in [0.5, 0.6) is 0 Å². The zero-order valence-corrected chi connectivity index (χ0v) is 14.5. The summed E-state index contributed by atoms with van der Waals surface area (Å²) in [6, 6.07) is 0. The average Bonchev–Trinajstić information content (AvgIpc) is 2.96. The Hall–Kier alpha value is -2.63. The molecule has 25 heavy (non-hydrogen) atoms. The molecule has 2 bridgehead atoms. The van der Waals surface area contributed by atoms with E-state index in [4.69, 9.17) is 14.2 Å². The van der Waals surface area contributed by atoms with Gasteiger partial charge in [0, 0.05) is 23.6 Å². The summed E-state index contributed by atoms with van der Waals surface area (Å²) in [5, 5.41) is 0. The molecule has 3 aliphatic heterocycles. The molecule has 0 aromatic heterocycles. The first-order valence-corrected chi connectivity index (χ1v) is 8.02. The van der Waals surface area contributed by atoms with Crippen molar-refractivity contribution in [2.24, 2.45) is 5.92 Å². The van der Waals surface area contributed by atoms with Crippen molar-refractivity contribution in [2.45, 2.75) is 45.0 Å². The van der Waals surface area contributed by atoms with Gasteiger partial charge >= 0.3 is 11.9 Å². The lowest BCUT2D eigenvalue weighted by molar-refractivity contribution is -0.153. The molecule has 6 heteroatoms. The largest absolute Gasteiger partial charge is 0.479 e. The van der Waals surface area contributed by atoms with E-state index >= 15 is 0 Å². The molecule has 6 nitrogen and oxygen atoms in total. The van der Waals surface area contributed by atoms with Gasteiger partial charge in [0.1, 0.15) is 18.0 Å². The van der Waals surface area contributed by atoms with Crippen molar-refractivity contribution < 1.29 is 28.6 Å². The molecule has 1 saturated heterocycles. The van der Waals surface area contributed by atoms with Gasteiger partial charge in [-0.05, 0) is 32.4 Å².